The van der Waals surface area contributed by atoms with Gasteiger partial charge >= 0.3 is 5.97 Å². The van der Waals surface area contributed by atoms with Crippen LogP contribution in [0.25, 0.3) is 0 Å². The molecule has 20 heavy (non-hydrogen) atoms. The van der Waals surface area contributed by atoms with E-state index < -0.39 is 0 Å². The Morgan fingerprint density at radius 3 is 2.70 bits per heavy atom. The summed E-state index contributed by atoms with van der Waals surface area (Å²) < 4.78 is 6.25. The van der Waals surface area contributed by atoms with Crippen LogP contribution in [0.1, 0.15) is 56.4 Å². The van der Waals surface area contributed by atoms with Gasteiger partial charge in [-0.25, -0.2) is 4.79 Å². The van der Waals surface area contributed by atoms with E-state index in [1.165, 1.54) is 25.7 Å². The first-order valence-electron chi connectivity index (χ1n) is 7.37. The summed E-state index contributed by atoms with van der Waals surface area (Å²) in [6.45, 7) is 2.28. The molecule has 0 spiro atoms. The Hall–Kier alpha value is -0.390. The Morgan fingerprint density at radius 2 is 2.15 bits per heavy atom. The summed E-state index contributed by atoms with van der Waals surface area (Å²) >= 11 is 5.05. The Balaban J connectivity index is 2.07. The fourth-order valence-corrected chi connectivity index (χ4v) is 4.14. The minimum Gasteiger partial charge on any atom is -0.465 e. The fourth-order valence-electron chi connectivity index (χ4n) is 2.65. The average Bonchev–Trinajstić information content (AvgIpc) is 2.70. The zero-order valence-corrected chi connectivity index (χ0v) is 14.3. The predicted molar refractivity (Wildman–Crippen MR) is 86.0 cm³/mol. The lowest BCUT2D eigenvalue weighted by Gasteiger charge is -2.23. The van der Waals surface area contributed by atoms with Gasteiger partial charge < -0.3 is 4.74 Å². The standard InChI is InChI=1S/C15H22BrNO2S/c1-2-19-15(18)14(13-9-11(16)10-20-13)17-12-7-5-3-4-6-8-12/h9-10,12,14,17H,2-8H2,1H3. The Kier molecular flexibility index (Phi) is 6.52. The highest BCUT2D eigenvalue weighted by atomic mass is 79.9. The molecule has 1 aliphatic carbocycles. The third-order valence-corrected chi connectivity index (χ3v) is 5.41. The molecule has 0 saturated heterocycles. The van der Waals surface area contributed by atoms with Gasteiger partial charge in [-0.3, -0.25) is 5.32 Å². The predicted octanol–water partition coefficient (Wildman–Crippen LogP) is 4.43. The Morgan fingerprint density at radius 1 is 1.45 bits per heavy atom. The zero-order valence-electron chi connectivity index (χ0n) is 11.9. The van der Waals surface area contributed by atoms with Gasteiger partial charge in [0, 0.05) is 20.8 Å². The Bertz CT molecular complexity index is 427. The molecular formula is C15H22BrNO2S. The number of hydrogen-bond donors (Lipinski definition) is 1. The van der Waals surface area contributed by atoms with Crippen LogP contribution in [0.15, 0.2) is 15.9 Å². The second-order valence-corrected chi connectivity index (χ2v) is 7.07. The summed E-state index contributed by atoms with van der Waals surface area (Å²) in [5.74, 6) is -0.161. The number of halogens is 1. The molecule has 0 bridgehead atoms. The molecule has 0 aromatic carbocycles. The van der Waals surface area contributed by atoms with E-state index >= 15 is 0 Å². The van der Waals surface area contributed by atoms with E-state index in [0.717, 1.165) is 22.2 Å². The summed E-state index contributed by atoms with van der Waals surface area (Å²) in [5.41, 5.74) is 0. The minimum absolute atomic E-state index is 0.161. The quantitative estimate of drug-likeness (QED) is 0.624. The first-order valence-corrected chi connectivity index (χ1v) is 9.04. The van der Waals surface area contributed by atoms with Crippen LogP contribution in [0, 0.1) is 0 Å². The normalized spacial score (nSPS) is 18.5. The average molecular weight is 360 g/mol. The molecule has 1 fully saturated rings. The Labute approximate surface area is 133 Å². The van der Waals surface area contributed by atoms with E-state index in [2.05, 4.69) is 21.2 Å². The molecule has 1 atom stereocenters. The summed E-state index contributed by atoms with van der Waals surface area (Å²) in [7, 11) is 0. The molecule has 0 amide bonds. The molecule has 1 heterocycles. The molecule has 1 N–H and O–H groups in total. The number of carbonyl (C=O) groups excluding carboxylic acids is 1. The molecular weight excluding hydrogens is 338 g/mol. The van der Waals surface area contributed by atoms with Gasteiger partial charge in [0.15, 0.2) is 0 Å². The molecule has 2 rings (SSSR count). The van der Waals surface area contributed by atoms with Gasteiger partial charge in [0.1, 0.15) is 6.04 Å². The topological polar surface area (TPSA) is 38.3 Å². The van der Waals surface area contributed by atoms with Gasteiger partial charge in [-0.15, -0.1) is 11.3 Å². The fraction of sp³-hybridized carbons (Fsp3) is 0.667. The van der Waals surface area contributed by atoms with Crippen molar-refractivity contribution in [3.8, 4) is 0 Å². The van der Waals surface area contributed by atoms with Gasteiger partial charge in [0.05, 0.1) is 6.61 Å². The highest BCUT2D eigenvalue weighted by Crippen LogP contribution is 2.28. The summed E-state index contributed by atoms with van der Waals surface area (Å²) in [5, 5.41) is 5.54. The van der Waals surface area contributed by atoms with Crippen LogP contribution in [-0.4, -0.2) is 18.6 Å². The monoisotopic (exact) mass is 359 g/mol. The van der Waals surface area contributed by atoms with Crippen molar-refractivity contribution in [3.63, 3.8) is 0 Å². The van der Waals surface area contributed by atoms with Gasteiger partial charge in [-0.05, 0) is 41.8 Å². The third-order valence-electron chi connectivity index (χ3n) is 3.65. The summed E-state index contributed by atoms with van der Waals surface area (Å²) in [4.78, 5) is 13.2. The maximum Gasteiger partial charge on any atom is 0.328 e. The van der Waals surface area contributed by atoms with Gasteiger partial charge in [-0.2, -0.15) is 0 Å². The second kappa shape index (κ2) is 8.15. The molecule has 0 aliphatic heterocycles. The van der Waals surface area contributed by atoms with E-state index in [0.29, 0.717) is 12.6 Å². The third kappa shape index (κ3) is 4.57. The molecule has 1 aromatic heterocycles. The van der Waals surface area contributed by atoms with Crippen LogP contribution < -0.4 is 5.32 Å². The highest BCUT2D eigenvalue weighted by molar-refractivity contribution is 9.10. The van der Waals surface area contributed by atoms with Crippen LogP contribution in [0.2, 0.25) is 0 Å². The lowest BCUT2D eigenvalue weighted by Crippen LogP contribution is -2.37. The van der Waals surface area contributed by atoms with Crippen LogP contribution in [0.5, 0.6) is 0 Å². The van der Waals surface area contributed by atoms with Gasteiger partial charge in [0.2, 0.25) is 0 Å². The number of carbonyl (C=O) groups is 1. The van der Waals surface area contributed by atoms with Crippen molar-refractivity contribution in [3.05, 3.63) is 20.8 Å². The zero-order chi connectivity index (χ0) is 14.4. The van der Waals surface area contributed by atoms with Crippen LogP contribution >= 0.6 is 27.3 Å². The van der Waals surface area contributed by atoms with E-state index in [1.807, 2.05) is 18.4 Å². The van der Waals surface area contributed by atoms with Crippen molar-refractivity contribution in [2.45, 2.75) is 57.5 Å². The number of hydrogen-bond acceptors (Lipinski definition) is 4. The van der Waals surface area contributed by atoms with E-state index in [-0.39, 0.29) is 12.0 Å². The minimum atomic E-state index is -0.325. The molecule has 1 saturated carbocycles. The van der Waals surface area contributed by atoms with Crippen molar-refractivity contribution in [2.75, 3.05) is 6.61 Å². The van der Waals surface area contributed by atoms with E-state index in [9.17, 15) is 4.79 Å². The molecule has 5 heteroatoms. The van der Waals surface area contributed by atoms with Crippen molar-refractivity contribution >= 4 is 33.2 Å². The van der Waals surface area contributed by atoms with Crippen LogP contribution in [0.3, 0.4) is 0 Å². The lowest BCUT2D eigenvalue weighted by molar-refractivity contribution is -0.146. The molecule has 112 valence electrons. The SMILES string of the molecule is CCOC(=O)C(NC1CCCCCC1)c1cc(Br)cs1. The first-order chi connectivity index (χ1) is 9.70. The number of rotatable bonds is 5. The smallest absolute Gasteiger partial charge is 0.328 e. The van der Waals surface area contributed by atoms with Crippen LogP contribution in [0.4, 0.5) is 0 Å². The first kappa shape index (κ1) is 16.0. The number of thiophene rings is 1. The highest BCUT2D eigenvalue weighted by Gasteiger charge is 2.26. The number of ether oxygens (including phenoxy) is 1. The summed E-state index contributed by atoms with van der Waals surface area (Å²) in [6, 6.07) is 2.11. The number of esters is 1. The van der Waals surface area contributed by atoms with Crippen molar-refractivity contribution < 1.29 is 9.53 Å². The van der Waals surface area contributed by atoms with Crippen molar-refractivity contribution in [1.82, 2.24) is 5.32 Å². The maximum absolute atomic E-state index is 12.2. The van der Waals surface area contributed by atoms with Gasteiger partial charge in [0.25, 0.3) is 0 Å². The van der Waals surface area contributed by atoms with E-state index in [1.54, 1.807) is 11.3 Å². The largest absolute Gasteiger partial charge is 0.465 e. The van der Waals surface area contributed by atoms with E-state index in [4.69, 9.17) is 4.74 Å². The molecule has 3 nitrogen and oxygen atoms in total. The van der Waals surface area contributed by atoms with Crippen LogP contribution in [-0.2, 0) is 9.53 Å². The summed E-state index contributed by atoms with van der Waals surface area (Å²) in [6.07, 6.45) is 7.44. The number of nitrogens with one attached hydrogen (secondary N) is 1. The van der Waals surface area contributed by atoms with Crippen molar-refractivity contribution in [2.24, 2.45) is 0 Å². The molecule has 0 radical (unpaired) electrons. The molecule has 1 aromatic rings. The van der Waals surface area contributed by atoms with Gasteiger partial charge in [-0.1, -0.05) is 25.7 Å². The second-order valence-electron chi connectivity index (χ2n) is 5.21. The molecule has 1 unspecified atom stereocenters. The van der Waals surface area contributed by atoms with Crippen molar-refractivity contribution in [1.29, 1.82) is 0 Å². The maximum atomic E-state index is 12.2. The molecule has 1 aliphatic rings. The lowest BCUT2D eigenvalue weighted by atomic mass is 10.1.